The first kappa shape index (κ1) is 21.7. The van der Waals surface area contributed by atoms with E-state index in [1.54, 1.807) is 13.8 Å². The molecule has 2 heterocycles. The summed E-state index contributed by atoms with van der Waals surface area (Å²) in [6.07, 6.45) is 0.402. The molecule has 0 unspecified atom stereocenters. The lowest BCUT2D eigenvalue weighted by molar-refractivity contribution is 0.396. The van der Waals surface area contributed by atoms with Crippen LogP contribution in [0.5, 0.6) is 11.5 Å². The summed E-state index contributed by atoms with van der Waals surface area (Å²) in [5, 5.41) is 4.52. The highest BCUT2D eigenvalue weighted by Crippen LogP contribution is 2.37. The molecule has 29 heavy (non-hydrogen) atoms. The Labute approximate surface area is 174 Å². The molecule has 1 aromatic carbocycles. The van der Waals surface area contributed by atoms with E-state index in [1.807, 2.05) is 0 Å². The van der Waals surface area contributed by atoms with Gasteiger partial charge in [-0.3, -0.25) is 9.40 Å². The largest absolute Gasteiger partial charge is 0.495 e. The number of anilines is 1. The highest BCUT2D eigenvalue weighted by Gasteiger charge is 2.34. The van der Waals surface area contributed by atoms with Crippen LogP contribution in [0.25, 0.3) is 0 Å². The van der Waals surface area contributed by atoms with Crippen molar-refractivity contribution in [3.05, 3.63) is 28.5 Å². The Kier molecular flexibility index (Phi) is 5.76. The second kappa shape index (κ2) is 7.69. The molecule has 1 saturated heterocycles. The fourth-order valence-electron chi connectivity index (χ4n) is 3.50. The van der Waals surface area contributed by atoms with Gasteiger partial charge in [-0.05, 0) is 26.3 Å². The zero-order valence-electron chi connectivity index (χ0n) is 16.4. The van der Waals surface area contributed by atoms with Gasteiger partial charge in [-0.1, -0.05) is 11.6 Å². The minimum absolute atomic E-state index is 0.00390. The van der Waals surface area contributed by atoms with E-state index in [0.29, 0.717) is 17.9 Å². The lowest BCUT2D eigenvalue weighted by atomic mass is 10.2. The van der Waals surface area contributed by atoms with Gasteiger partial charge in [0.05, 0.1) is 53.9 Å². The van der Waals surface area contributed by atoms with E-state index < -0.39 is 19.9 Å². The van der Waals surface area contributed by atoms with Crippen molar-refractivity contribution in [3.63, 3.8) is 0 Å². The van der Waals surface area contributed by atoms with Gasteiger partial charge in [-0.25, -0.2) is 16.8 Å². The van der Waals surface area contributed by atoms with Crippen LogP contribution in [0, 0.1) is 13.8 Å². The molecule has 160 valence electrons. The molecule has 1 N–H and O–H groups in total. The average molecular weight is 464 g/mol. The van der Waals surface area contributed by atoms with Gasteiger partial charge in [0, 0.05) is 6.07 Å². The molecule has 1 fully saturated rings. The van der Waals surface area contributed by atoms with E-state index in [1.165, 1.54) is 31.0 Å². The SMILES string of the molecule is COc1cc(OC)c(NS(=O)(=O)c2c(C)nn([C@@H]3CCS(=O)(=O)C3)c2C)cc1Cl. The highest BCUT2D eigenvalue weighted by atomic mass is 35.5. The van der Waals surface area contributed by atoms with Gasteiger partial charge in [0.25, 0.3) is 10.0 Å². The maximum absolute atomic E-state index is 13.1. The number of benzene rings is 1. The summed E-state index contributed by atoms with van der Waals surface area (Å²) in [5.41, 5.74) is 0.793. The van der Waals surface area contributed by atoms with Crippen LogP contribution in [-0.4, -0.2) is 52.3 Å². The maximum atomic E-state index is 13.1. The first-order valence-corrected chi connectivity index (χ1v) is 12.4. The molecular weight excluding hydrogens is 442 g/mol. The topological polar surface area (TPSA) is 117 Å². The Morgan fingerprint density at radius 3 is 2.41 bits per heavy atom. The first-order valence-electron chi connectivity index (χ1n) is 8.69. The third kappa shape index (κ3) is 4.17. The van der Waals surface area contributed by atoms with Crippen molar-refractivity contribution in [1.29, 1.82) is 0 Å². The van der Waals surface area contributed by atoms with E-state index in [9.17, 15) is 16.8 Å². The number of hydrogen-bond acceptors (Lipinski definition) is 7. The third-order valence-corrected chi connectivity index (χ3v) is 8.46. The first-order chi connectivity index (χ1) is 13.5. The van der Waals surface area contributed by atoms with Crippen molar-refractivity contribution in [2.24, 2.45) is 0 Å². The summed E-state index contributed by atoms with van der Waals surface area (Å²) in [6, 6.07) is 2.50. The fraction of sp³-hybridized carbons (Fsp3) is 0.471. The van der Waals surface area contributed by atoms with E-state index in [2.05, 4.69) is 9.82 Å². The standard InChI is InChI=1S/C17H22ClN3O6S2/c1-10-17(11(2)21(19-10)12-5-6-28(22,23)9-12)29(24,25)20-14-7-13(18)15(26-3)8-16(14)27-4/h7-8,12,20H,5-6,9H2,1-4H3/t12-/m1/s1. The zero-order chi connectivity index (χ0) is 21.6. The van der Waals surface area contributed by atoms with Gasteiger partial charge < -0.3 is 9.47 Å². The molecule has 0 aliphatic carbocycles. The quantitative estimate of drug-likeness (QED) is 0.698. The lowest BCUT2D eigenvalue weighted by Crippen LogP contribution is -2.17. The van der Waals surface area contributed by atoms with Gasteiger partial charge in [0.1, 0.15) is 16.4 Å². The van der Waals surface area contributed by atoms with Gasteiger partial charge in [0.15, 0.2) is 9.84 Å². The van der Waals surface area contributed by atoms with E-state index in [-0.39, 0.29) is 44.6 Å². The summed E-state index contributed by atoms with van der Waals surface area (Å²) in [7, 11) is -4.34. The number of sulfone groups is 1. The minimum Gasteiger partial charge on any atom is -0.495 e. The molecule has 1 aliphatic rings. The van der Waals surface area contributed by atoms with Crippen molar-refractivity contribution in [3.8, 4) is 11.5 Å². The van der Waals surface area contributed by atoms with Crippen molar-refractivity contribution in [1.82, 2.24) is 9.78 Å². The lowest BCUT2D eigenvalue weighted by Gasteiger charge is -2.15. The molecule has 0 bridgehead atoms. The number of sulfonamides is 1. The molecule has 1 atom stereocenters. The number of ether oxygens (including phenoxy) is 2. The molecule has 0 radical (unpaired) electrons. The van der Waals surface area contributed by atoms with Crippen LogP contribution >= 0.6 is 11.6 Å². The third-order valence-electron chi connectivity index (χ3n) is 4.80. The number of rotatable bonds is 6. The van der Waals surface area contributed by atoms with Crippen LogP contribution in [0.1, 0.15) is 23.9 Å². The molecule has 3 rings (SSSR count). The predicted molar refractivity (Wildman–Crippen MR) is 109 cm³/mol. The summed E-state index contributed by atoms with van der Waals surface area (Å²) >= 11 is 6.12. The average Bonchev–Trinajstić information content (AvgIpc) is 3.13. The second-order valence-electron chi connectivity index (χ2n) is 6.79. The Bertz CT molecular complexity index is 1160. The molecule has 2 aromatic rings. The number of nitrogens with one attached hydrogen (secondary N) is 1. The predicted octanol–water partition coefficient (Wildman–Crippen LogP) is 2.33. The van der Waals surface area contributed by atoms with Crippen LogP contribution in [0.2, 0.25) is 5.02 Å². The highest BCUT2D eigenvalue weighted by molar-refractivity contribution is 7.93. The van der Waals surface area contributed by atoms with Gasteiger partial charge in [-0.2, -0.15) is 5.10 Å². The second-order valence-corrected chi connectivity index (χ2v) is 11.0. The van der Waals surface area contributed by atoms with Gasteiger partial charge in [0.2, 0.25) is 0 Å². The Balaban J connectivity index is 2.00. The summed E-state index contributed by atoms with van der Waals surface area (Å²) in [4.78, 5) is -0.00390. The molecule has 1 aromatic heterocycles. The van der Waals surface area contributed by atoms with Crippen LogP contribution < -0.4 is 14.2 Å². The Morgan fingerprint density at radius 1 is 1.21 bits per heavy atom. The molecule has 12 heteroatoms. The van der Waals surface area contributed by atoms with E-state index in [0.717, 1.165) is 0 Å². The number of methoxy groups -OCH3 is 2. The Hall–Kier alpha value is -1.98. The Morgan fingerprint density at radius 2 is 1.86 bits per heavy atom. The molecular formula is C17H22ClN3O6S2. The summed E-state index contributed by atoms with van der Waals surface area (Å²) in [6.45, 7) is 3.18. The van der Waals surface area contributed by atoms with E-state index in [4.69, 9.17) is 21.1 Å². The molecule has 0 spiro atoms. The normalized spacial score (nSPS) is 18.6. The molecule has 1 aliphatic heterocycles. The van der Waals surface area contributed by atoms with Gasteiger partial charge >= 0.3 is 0 Å². The van der Waals surface area contributed by atoms with Crippen LogP contribution in [0.15, 0.2) is 17.0 Å². The summed E-state index contributed by atoms with van der Waals surface area (Å²) in [5.74, 6) is 0.593. The molecule has 0 amide bonds. The molecule has 9 nitrogen and oxygen atoms in total. The monoisotopic (exact) mass is 463 g/mol. The molecule has 0 saturated carbocycles. The number of halogens is 1. The van der Waals surface area contributed by atoms with Crippen molar-refractivity contribution in [2.75, 3.05) is 30.4 Å². The van der Waals surface area contributed by atoms with Crippen LogP contribution in [-0.2, 0) is 19.9 Å². The van der Waals surface area contributed by atoms with Crippen molar-refractivity contribution < 1.29 is 26.3 Å². The zero-order valence-corrected chi connectivity index (χ0v) is 18.8. The number of aromatic nitrogens is 2. The smallest absolute Gasteiger partial charge is 0.265 e. The number of nitrogens with zero attached hydrogens (tertiary/aromatic N) is 2. The van der Waals surface area contributed by atoms with Crippen molar-refractivity contribution >= 4 is 37.1 Å². The van der Waals surface area contributed by atoms with Crippen LogP contribution in [0.3, 0.4) is 0 Å². The summed E-state index contributed by atoms with van der Waals surface area (Å²) < 4.78 is 64.2. The number of aryl methyl sites for hydroxylation is 1. The fourth-order valence-corrected chi connectivity index (χ4v) is 6.89. The van der Waals surface area contributed by atoms with Gasteiger partial charge in [-0.15, -0.1) is 0 Å². The minimum atomic E-state index is -4.04. The van der Waals surface area contributed by atoms with Crippen molar-refractivity contribution in [2.45, 2.75) is 31.2 Å². The maximum Gasteiger partial charge on any atom is 0.265 e. The van der Waals surface area contributed by atoms with E-state index >= 15 is 0 Å². The number of hydrogen-bond donors (Lipinski definition) is 1. The van der Waals surface area contributed by atoms with Crippen LogP contribution in [0.4, 0.5) is 5.69 Å².